The molecule has 0 radical (unpaired) electrons. The van der Waals surface area contributed by atoms with E-state index < -0.39 is 10.0 Å². The maximum Gasteiger partial charge on any atom is 0.314 e. The fourth-order valence-corrected chi connectivity index (χ4v) is 5.76. The van der Waals surface area contributed by atoms with Crippen LogP contribution in [0.3, 0.4) is 0 Å². The van der Waals surface area contributed by atoms with Crippen molar-refractivity contribution in [3.05, 3.63) is 59.4 Å². The Labute approximate surface area is 182 Å². The van der Waals surface area contributed by atoms with Crippen molar-refractivity contribution < 1.29 is 13.2 Å². The molecule has 2 N–H and O–H groups in total. The molecule has 1 saturated heterocycles. The van der Waals surface area contributed by atoms with Gasteiger partial charge >= 0.3 is 6.03 Å². The molecule has 1 fully saturated rings. The Hall–Kier alpha value is -2.16. The minimum Gasteiger partial charge on any atom is -0.338 e. The Morgan fingerprint density at radius 1 is 1.20 bits per heavy atom. The van der Waals surface area contributed by atoms with Gasteiger partial charge in [-0.1, -0.05) is 24.1 Å². The summed E-state index contributed by atoms with van der Waals surface area (Å²) >= 11 is 5.90. The largest absolute Gasteiger partial charge is 0.338 e. The van der Waals surface area contributed by atoms with Crippen LogP contribution in [0.15, 0.2) is 53.7 Å². The summed E-state index contributed by atoms with van der Waals surface area (Å²) in [6.45, 7) is 2.65. The average molecular weight is 451 g/mol. The molecular weight excluding hydrogens is 424 g/mol. The van der Waals surface area contributed by atoms with Crippen LogP contribution in [0, 0.1) is 0 Å². The molecule has 1 aromatic carbocycles. The van der Waals surface area contributed by atoms with E-state index in [1.807, 2.05) is 19.1 Å². The number of nitrogens with zero attached hydrogens (tertiary/aromatic N) is 2. The predicted octanol–water partition coefficient (Wildman–Crippen LogP) is 3.21. The number of amides is 2. The second-order valence-electron chi connectivity index (χ2n) is 7.47. The standard InChI is InChI=1S/C21H27ClN4O3S/c1-16-4-2-6-19(26(16)30(28,29)20-9-7-18(22)8-10-20)15-25-21(27)24-13-11-17-5-3-12-23-14-17/h3,5,7-10,12,14,16,19H,2,4,6,11,13,15H2,1H3,(H2,24,25,27)/t16-,19-/m1/s1. The molecule has 0 spiro atoms. The molecule has 0 bridgehead atoms. The van der Waals surface area contributed by atoms with Gasteiger partial charge in [0.1, 0.15) is 0 Å². The summed E-state index contributed by atoms with van der Waals surface area (Å²) < 4.78 is 28.0. The molecule has 1 aliphatic heterocycles. The van der Waals surface area contributed by atoms with Crippen LogP contribution >= 0.6 is 11.6 Å². The Morgan fingerprint density at radius 2 is 1.97 bits per heavy atom. The zero-order valence-electron chi connectivity index (χ0n) is 16.9. The van der Waals surface area contributed by atoms with Gasteiger partial charge in [-0.25, -0.2) is 13.2 Å². The topological polar surface area (TPSA) is 91.4 Å². The van der Waals surface area contributed by atoms with E-state index in [1.165, 1.54) is 16.4 Å². The van der Waals surface area contributed by atoms with Crippen molar-refractivity contribution in [2.45, 2.75) is 49.6 Å². The molecule has 0 unspecified atom stereocenters. The molecule has 7 nitrogen and oxygen atoms in total. The third kappa shape index (κ3) is 5.71. The van der Waals surface area contributed by atoms with Crippen molar-refractivity contribution in [3.63, 3.8) is 0 Å². The van der Waals surface area contributed by atoms with E-state index in [0.29, 0.717) is 24.4 Å². The molecule has 2 amide bonds. The van der Waals surface area contributed by atoms with Gasteiger partial charge in [-0.05, 0) is 62.1 Å². The maximum atomic E-state index is 13.2. The first-order valence-corrected chi connectivity index (χ1v) is 11.9. The van der Waals surface area contributed by atoms with Gasteiger partial charge in [0.25, 0.3) is 0 Å². The SMILES string of the molecule is C[C@@H]1CCC[C@H](CNC(=O)NCCc2cccnc2)N1S(=O)(=O)c1ccc(Cl)cc1. The van der Waals surface area contributed by atoms with E-state index in [9.17, 15) is 13.2 Å². The molecular formula is C21H27ClN4O3S. The number of hydrogen-bond acceptors (Lipinski definition) is 4. The summed E-state index contributed by atoms with van der Waals surface area (Å²) in [6, 6.07) is 9.27. The minimum absolute atomic E-state index is 0.139. The van der Waals surface area contributed by atoms with Gasteiger partial charge in [-0.3, -0.25) is 4.98 Å². The monoisotopic (exact) mass is 450 g/mol. The molecule has 2 aromatic rings. The van der Waals surface area contributed by atoms with Gasteiger partial charge in [0.2, 0.25) is 10.0 Å². The lowest BCUT2D eigenvalue weighted by Crippen LogP contribution is -2.54. The van der Waals surface area contributed by atoms with Gasteiger partial charge in [-0.15, -0.1) is 0 Å². The number of hydrogen-bond donors (Lipinski definition) is 2. The Bertz CT molecular complexity index is 938. The van der Waals surface area contributed by atoms with E-state index in [1.54, 1.807) is 24.5 Å². The van der Waals surface area contributed by atoms with E-state index in [0.717, 1.165) is 18.4 Å². The number of carbonyl (C=O) groups excluding carboxylic acids is 1. The zero-order valence-corrected chi connectivity index (χ0v) is 18.5. The van der Waals surface area contributed by atoms with Crippen LogP contribution in [0.2, 0.25) is 5.02 Å². The molecule has 3 rings (SSSR count). The number of rotatable bonds is 7. The number of benzene rings is 1. The van der Waals surface area contributed by atoms with Crippen molar-refractivity contribution in [2.75, 3.05) is 13.1 Å². The molecule has 0 aliphatic carbocycles. The lowest BCUT2D eigenvalue weighted by molar-refractivity contribution is 0.185. The quantitative estimate of drug-likeness (QED) is 0.677. The zero-order chi connectivity index (χ0) is 21.6. The third-order valence-corrected chi connectivity index (χ3v) is 7.60. The molecule has 2 atom stereocenters. The smallest absolute Gasteiger partial charge is 0.314 e. The van der Waals surface area contributed by atoms with Crippen LogP contribution in [0.25, 0.3) is 0 Å². The first kappa shape index (κ1) is 22.5. The number of sulfonamides is 1. The molecule has 0 saturated carbocycles. The fraction of sp³-hybridized carbons (Fsp3) is 0.429. The van der Waals surface area contributed by atoms with Crippen LogP contribution in [0.4, 0.5) is 4.79 Å². The van der Waals surface area contributed by atoms with Gasteiger partial charge < -0.3 is 10.6 Å². The highest BCUT2D eigenvalue weighted by atomic mass is 35.5. The van der Waals surface area contributed by atoms with Crippen molar-refractivity contribution in [1.82, 2.24) is 19.9 Å². The fourth-order valence-electron chi connectivity index (χ4n) is 3.76. The summed E-state index contributed by atoms with van der Waals surface area (Å²) in [4.78, 5) is 16.5. The highest BCUT2D eigenvalue weighted by molar-refractivity contribution is 7.89. The Morgan fingerprint density at radius 3 is 2.67 bits per heavy atom. The van der Waals surface area contributed by atoms with Gasteiger partial charge in [0.05, 0.1) is 4.90 Å². The molecule has 1 aliphatic rings. The van der Waals surface area contributed by atoms with Gasteiger partial charge in [0.15, 0.2) is 0 Å². The van der Waals surface area contributed by atoms with Crippen molar-refractivity contribution in [2.24, 2.45) is 0 Å². The second-order valence-corrected chi connectivity index (χ2v) is 9.75. The summed E-state index contributed by atoms with van der Waals surface area (Å²) in [7, 11) is -3.68. The number of nitrogens with one attached hydrogen (secondary N) is 2. The summed E-state index contributed by atoms with van der Waals surface area (Å²) in [5.74, 6) is 0. The number of piperidine rings is 1. The lowest BCUT2D eigenvalue weighted by Gasteiger charge is -2.39. The summed E-state index contributed by atoms with van der Waals surface area (Å²) in [5, 5.41) is 6.13. The predicted molar refractivity (Wildman–Crippen MR) is 117 cm³/mol. The molecule has 162 valence electrons. The van der Waals surface area contributed by atoms with Gasteiger partial charge in [-0.2, -0.15) is 4.31 Å². The van der Waals surface area contributed by atoms with Crippen LogP contribution in [0.5, 0.6) is 0 Å². The normalized spacial score (nSPS) is 19.9. The summed E-state index contributed by atoms with van der Waals surface area (Å²) in [5.41, 5.74) is 1.04. The van der Waals surface area contributed by atoms with Crippen LogP contribution < -0.4 is 10.6 Å². The summed E-state index contributed by atoms with van der Waals surface area (Å²) in [6.07, 6.45) is 6.57. The van der Waals surface area contributed by atoms with Crippen LogP contribution in [-0.2, 0) is 16.4 Å². The van der Waals surface area contributed by atoms with E-state index in [2.05, 4.69) is 15.6 Å². The molecule has 2 heterocycles. The molecule has 1 aromatic heterocycles. The highest BCUT2D eigenvalue weighted by Gasteiger charge is 2.37. The third-order valence-electron chi connectivity index (χ3n) is 5.26. The van der Waals surface area contributed by atoms with Crippen molar-refractivity contribution >= 4 is 27.7 Å². The van der Waals surface area contributed by atoms with Crippen molar-refractivity contribution in [1.29, 1.82) is 0 Å². The number of halogens is 1. The lowest BCUT2D eigenvalue weighted by atomic mass is 9.99. The minimum atomic E-state index is -3.68. The van der Waals surface area contributed by atoms with Crippen molar-refractivity contribution in [3.8, 4) is 0 Å². The second kappa shape index (κ2) is 10.2. The molecule has 30 heavy (non-hydrogen) atoms. The van der Waals surface area contributed by atoms with Gasteiger partial charge in [0, 0.05) is 42.6 Å². The van der Waals surface area contributed by atoms with Crippen LogP contribution in [-0.4, -0.2) is 48.9 Å². The van der Waals surface area contributed by atoms with E-state index in [4.69, 9.17) is 11.6 Å². The number of pyridine rings is 1. The average Bonchev–Trinajstić information content (AvgIpc) is 2.73. The Balaban J connectivity index is 1.59. The number of urea groups is 1. The van der Waals surface area contributed by atoms with E-state index in [-0.39, 0.29) is 29.6 Å². The number of aromatic nitrogens is 1. The highest BCUT2D eigenvalue weighted by Crippen LogP contribution is 2.30. The van der Waals surface area contributed by atoms with E-state index >= 15 is 0 Å². The first-order valence-electron chi connectivity index (χ1n) is 10.1. The molecule has 9 heteroatoms. The Kier molecular flexibility index (Phi) is 7.69. The number of carbonyl (C=O) groups is 1. The first-order chi connectivity index (χ1) is 14.4. The van der Waals surface area contributed by atoms with Crippen LogP contribution in [0.1, 0.15) is 31.7 Å². The maximum absolute atomic E-state index is 13.2.